The van der Waals surface area contributed by atoms with Gasteiger partial charge in [0.25, 0.3) is 5.91 Å². The molecule has 0 bridgehead atoms. The molecule has 5 heteroatoms. The molecule has 5 nitrogen and oxygen atoms in total. The van der Waals surface area contributed by atoms with Crippen molar-refractivity contribution in [3.05, 3.63) is 48.0 Å². The smallest absolute Gasteiger partial charge is 0.335 e. The van der Waals surface area contributed by atoms with E-state index < -0.39 is 12.1 Å². The van der Waals surface area contributed by atoms with Crippen molar-refractivity contribution in [1.82, 2.24) is 5.32 Å². The van der Waals surface area contributed by atoms with Gasteiger partial charge in [0.2, 0.25) is 0 Å². The number of ether oxygens (including phenoxy) is 2. The molecule has 2 atom stereocenters. The summed E-state index contributed by atoms with van der Waals surface area (Å²) in [6.07, 6.45) is 0.991. The van der Waals surface area contributed by atoms with Gasteiger partial charge in [-0.25, -0.2) is 4.79 Å². The van der Waals surface area contributed by atoms with Crippen molar-refractivity contribution >= 4 is 22.6 Å². The zero-order valence-corrected chi connectivity index (χ0v) is 13.7. The second-order valence-electron chi connectivity index (χ2n) is 5.97. The molecular weight excluding hydrogens is 306 g/mol. The first-order valence-electron chi connectivity index (χ1n) is 8.20. The van der Waals surface area contributed by atoms with Gasteiger partial charge in [-0.1, -0.05) is 42.5 Å². The molecule has 2 aromatic carbocycles. The van der Waals surface area contributed by atoms with Gasteiger partial charge < -0.3 is 14.8 Å². The molecule has 0 spiro atoms. The Kier molecular flexibility index (Phi) is 5.11. The lowest BCUT2D eigenvalue weighted by Gasteiger charge is -2.17. The van der Waals surface area contributed by atoms with Crippen LogP contribution in [0.4, 0.5) is 0 Å². The van der Waals surface area contributed by atoms with Gasteiger partial charge in [0.15, 0.2) is 12.7 Å². The van der Waals surface area contributed by atoms with Crippen LogP contribution in [0, 0.1) is 0 Å². The Bertz CT molecular complexity index is 732. The number of esters is 1. The van der Waals surface area contributed by atoms with Crippen LogP contribution in [0.2, 0.25) is 0 Å². The van der Waals surface area contributed by atoms with Crippen LogP contribution in [0.25, 0.3) is 10.8 Å². The van der Waals surface area contributed by atoms with Crippen LogP contribution in [0.5, 0.6) is 0 Å². The second kappa shape index (κ2) is 7.45. The fraction of sp³-hybridized carbons (Fsp3) is 0.368. The average molecular weight is 327 g/mol. The quantitative estimate of drug-likeness (QED) is 0.858. The molecule has 3 rings (SSSR count). The third-order valence-corrected chi connectivity index (χ3v) is 4.21. The van der Waals surface area contributed by atoms with Crippen LogP contribution in [0.3, 0.4) is 0 Å². The fourth-order valence-corrected chi connectivity index (χ4v) is 2.98. The summed E-state index contributed by atoms with van der Waals surface area (Å²) in [6, 6.07) is 13.9. The summed E-state index contributed by atoms with van der Waals surface area (Å²) in [7, 11) is 0. The standard InChI is InChI=1S/C19H21NO4/c1-13(15-9-4-7-14-6-2-3-8-16(14)15)20-18(21)12-24-19(22)17-10-5-11-23-17/h2-4,6-9,13,17H,5,10-12H2,1H3,(H,20,21)/t13-,17+/m0/s1. The number of hydrogen-bond donors (Lipinski definition) is 1. The lowest BCUT2D eigenvalue weighted by molar-refractivity contribution is -0.157. The SMILES string of the molecule is C[C@H](NC(=O)COC(=O)[C@H]1CCCO1)c1cccc2ccccc12. The Morgan fingerprint density at radius 1 is 1.25 bits per heavy atom. The predicted molar refractivity (Wildman–Crippen MR) is 90.4 cm³/mol. The summed E-state index contributed by atoms with van der Waals surface area (Å²) < 4.78 is 10.3. The molecule has 1 heterocycles. The molecule has 126 valence electrons. The molecule has 2 aromatic rings. The molecule has 0 saturated carbocycles. The summed E-state index contributed by atoms with van der Waals surface area (Å²) in [5, 5.41) is 5.10. The van der Waals surface area contributed by atoms with Crippen LogP contribution >= 0.6 is 0 Å². The predicted octanol–water partition coefficient (Wildman–Crippen LogP) is 2.74. The highest BCUT2D eigenvalue weighted by Gasteiger charge is 2.25. The number of rotatable bonds is 5. The first-order chi connectivity index (χ1) is 11.6. The molecule has 0 radical (unpaired) electrons. The average Bonchev–Trinajstić information content (AvgIpc) is 3.14. The zero-order chi connectivity index (χ0) is 16.9. The molecule has 1 aliphatic rings. The van der Waals surface area contributed by atoms with Gasteiger partial charge >= 0.3 is 5.97 Å². The van der Waals surface area contributed by atoms with E-state index in [1.165, 1.54) is 0 Å². The van der Waals surface area contributed by atoms with Gasteiger partial charge in [-0.2, -0.15) is 0 Å². The topological polar surface area (TPSA) is 64.6 Å². The zero-order valence-electron chi connectivity index (χ0n) is 13.7. The maximum atomic E-state index is 12.1. The number of nitrogens with one attached hydrogen (secondary N) is 1. The third kappa shape index (κ3) is 3.74. The molecular formula is C19H21NO4. The Morgan fingerprint density at radius 2 is 2.04 bits per heavy atom. The molecule has 0 unspecified atom stereocenters. The molecule has 0 aliphatic carbocycles. The van der Waals surface area contributed by atoms with Gasteiger partial charge in [0.1, 0.15) is 0 Å². The number of hydrogen-bond acceptors (Lipinski definition) is 4. The van der Waals surface area contributed by atoms with Gasteiger partial charge in [-0.3, -0.25) is 4.79 Å². The fourth-order valence-electron chi connectivity index (χ4n) is 2.98. The molecule has 1 fully saturated rings. The molecule has 0 aromatic heterocycles. The first kappa shape index (κ1) is 16.5. The van der Waals surface area contributed by atoms with Gasteiger partial charge in [0, 0.05) is 6.61 Å². The van der Waals surface area contributed by atoms with Crippen molar-refractivity contribution < 1.29 is 19.1 Å². The molecule has 1 saturated heterocycles. The van der Waals surface area contributed by atoms with E-state index in [9.17, 15) is 9.59 Å². The van der Waals surface area contributed by atoms with Crippen LogP contribution in [0.1, 0.15) is 31.4 Å². The molecule has 1 amide bonds. The van der Waals surface area contributed by atoms with E-state index in [0.29, 0.717) is 13.0 Å². The highest BCUT2D eigenvalue weighted by atomic mass is 16.6. The van der Waals surface area contributed by atoms with Crippen molar-refractivity contribution in [2.45, 2.75) is 31.9 Å². The molecule has 1 N–H and O–H groups in total. The first-order valence-corrected chi connectivity index (χ1v) is 8.20. The number of fused-ring (bicyclic) bond motifs is 1. The minimum atomic E-state index is -0.520. The van der Waals surface area contributed by atoms with Gasteiger partial charge in [-0.15, -0.1) is 0 Å². The lowest BCUT2D eigenvalue weighted by atomic mass is 10.00. The van der Waals surface area contributed by atoms with Crippen LogP contribution in [-0.2, 0) is 19.1 Å². The normalized spacial score (nSPS) is 18.3. The lowest BCUT2D eigenvalue weighted by Crippen LogP contribution is -2.33. The Balaban J connectivity index is 1.58. The van der Waals surface area contributed by atoms with Gasteiger partial charge in [0.05, 0.1) is 6.04 Å². The van der Waals surface area contributed by atoms with E-state index in [-0.39, 0.29) is 18.6 Å². The van der Waals surface area contributed by atoms with E-state index in [1.807, 2.05) is 49.4 Å². The summed E-state index contributed by atoms with van der Waals surface area (Å²) >= 11 is 0. The Hall–Kier alpha value is -2.40. The maximum Gasteiger partial charge on any atom is 0.335 e. The minimum absolute atomic E-state index is 0.176. The minimum Gasteiger partial charge on any atom is -0.454 e. The molecule has 1 aliphatic heterocycles. The van der Waals surface area contributed by atoms with E-state index in [4.69, 9.17) is 9.47 Å². The van der Waals surface area contributed by atoms with Crippen molar-refractivity contribution in [2.75, 3.05) is 13.2 Å². The monoisotopic (exact) mass is 327 g/mol. The Labute approximate surface area is 140 Å². The van der Waals surface area contributed by atoms with Crippen molar-refractivity contribution in [2.24, 2.45) is 0 Å². The molecule has 24 heavy (non-hydrogen) atoms. The van der Waals surface area contributed by atoms with Crippen LogP contribution in [-0.4, -0.2) is 31.2 Å². The maximum absolute atomic E-state index is 12.1. The summed E-state index contributed by atoms with van der Waals surface area (Å²) in [5.74, 6) is -0.776. The van der Waals surface area contributed by atoms with E-state index >= 15 is 0 Å². The second-order valence-corrected chi connectivity index (χ2v) is 5.97. The summed E-state index contributed by atoms with van der Waals surface area (Å²) in [6.45, 7) is 2.21. The number of carbonyl (C=O) groups excluding carboxylic acids is 2. The number of carbonyl (C=O) groups is 2. The Morgan fingerprint density at radius 3 is 2.83 bits per heavy atom. The largest absolute Gasteiger partial charge is 0.454 e. The van der Waals surface area contributed by atoms with E-state index in [0.717, 1.165) is 22.8 Å². The third-order valence-electron chi connectivity index (χ3n) is 4.21. The van der Waals surface area contributed by atoms with Crippen molar-refractivity contribution in [1.29, 1.82) is 0 Å². The van der Waals surface area contributed by atoms with Crippen LogP contribution in [0.15, 0.2) is 42.5 Å². The van der Waals surface area contributed by atoms with Gasteiger partial charge in [-0.05, 0) is 36.1 Å². The summed E-state index contributed by atoms with van der Waals surface area (Å²) in [4.78, 5) is 23.8. The summed E-state index contributed by atoms with van der Waals surface area (Å²) in [5.41, 5.74) is 1.03. The highest BCUT2D eigenvalue weighted by molar-refractivity contribution is 5.87. The number of benzene rings is 2. The number of amides is 1. The van der Waals surface area contributed by atoms with Crippen molar-refractivity contribution in [3.63, 3.8) is 0 Å². The van der Waals surface area contributed by atoms with E-state index in [1.54, 1.807) is 0 Å². The van der Waals surface area contributed by atoms with Crippen molar-refractivity contribution in [3.8, 4) is 0 Å². The van der Waals surface area contributed by atoms with E-state index in [2.05, 4.69) is 5.32 Å². The highest BCUT2D eigenvalue weighted by Crippen LogP contribution is 2.24. The van der Waals surface area contributed by atoms with Crippen LogP contribution < -0.4 is 5.32 Å².